The second-order valence-electron chi connectivity index (χ2n) is 2.98. The third kappa shape index (κ3) is 2.56. The summed E-state index contributed by atoms with van der Waals surface area (Å²) in [7, 11) is 3.95. The second kappa shape index (κ2) is 4.13. The summed E-state index contributed by atoms with van der Waals surface area (Å²) >= 11 is 0. The zero-order chi connectivity index (χ0) is 8.97. The van der Waals surface area contributed by atoms with Crippen molar-refractivity contribution in [3.63, 3.8) is 0 Å². The summed E-state index contributed by atoms with van der Waals surface area (Å²) in [6.07, 6.45) is 3.41. The predicted molar refractivity (Wildman–Crippen MR) is 47.5 cm³/mol. The van der Waals surface area contributed by atoms with Crippen LogP contribution >= 0.6 is 0 Å². The van der Waals surface area contributed by atoms with Gasteiger partial charge in [-0.25, -0.2) is 9.97 Å². The molecule has 0 aliphatic heterocycles. The van der Waals surface area contributed by atoms with Crippen LogP contribution in [0.15, 0.2) is 18.5 Å². The van der Waals surface area contributed by atoms with Crippen LogP contribution in [-0.4, -0.2) is 35.5 Å². The number of nitrogens with zero attached hydrogens (tertiary/aromatic N) is 3. The van der Waals surface area contributed by atoms with E-state index in [4.69, 9.17) is 5.73 Å². The number of aromatic nitrogens is 2. The molecule has 0 aromatic carbocycles. The maximum absolute atomic E-state index is 5.83. The van der Waals surface area contributed by atoms with Gasteiger partial charge < -0.3 is 10.6 Å². The first-order chi connectivity index (χ1) is 5.70. The molecule has 0 amide bonds. The van der Waals surface area contributed by atoms with E-state index < -0.39 is 0 Å². The summed E-state index contributed by atoms with van der Waals surface area (Å²) < 4.78 is 0. The van der Waals surface area contributed by atoms with Crippen molar-refractivity contribution in [3.8, 4) is 0 Å². The van der Waals surface area contributed by atoms with Crippen molar-refractivity contribution < 1.29 is 0 Å². The van der Waals surface area contributed by atoms with Gasteiger partial charge in [0.2, 0.25) is 0 Å². The molecule has 0 aliphatic carbocycles. The quantitative estimate of drug-likeness (QED) is 0.688. The number of hydrogen-bond acceptors (Lipinski definition) is 4. The molecule has 0 bridgehead atoms. The van der Waals surface area contributed by atoms with Crippen LogP contribution in [0.25, 0.3) is 0 Å². The Labute approximate surface area is 72.4 Å². The molecule has 1 heterocycles. The van der Waals surface area contributed by atoms with Crippen LogP contribution in [0.5, 0.6) is 0 Å². The summed E-state index contributed by atoms with van der Waals surface area (Å²) in [5.41, 5.74) is 5.83. The van der Waals surface area contributed by atoms with Crippen LogP contribution in [0, 0.1) is 0 Å². The van der Waals surface area contributed by atoms with Gasteiger partial charge >= 0.3 is 0 Å². The van der Waals surface area contributed by atoms with E-state index in [1.54, 1.807) is 18.5 Å². The Hall–Kier alpha value is -1.00. The maximum atomic E-state index is 5.83. The molecule has 1 rings (SSSR count). The second-order valence-corrected chi connectivity index (χ2v) is 2.98. The van der Waals surface area contributed by atoms with Gasteiger partial charge in [0, 0.05) is 18.9 Å². The molecule has 0 saturated heterocycles. The number of hydrogen-bond donors (Lipinski definition) is 1. The Morgan fingerprint density at radius 2 is 2.00 bits per heavy atom. The van der Waals surface area contributed by atoms with Crippen LogP contribution in [0.2, 0.25) is 0 Å². The first kappa shape index (κ1) is 9.09. The summed E-state index contributed by atoms with van der Waals surface area (Å²) in [6.45, 7) is 0.768. The smallest absolute Gasteiger partial charge is 0.146 e. The van der Waals surface area contributed by atoms with Gasteiger partial charge in [0.1, 0.15) is 5.82 Å². The van der Waals surface area contributed by atoms with Crippen molar-refractivity contribution in [1.82, 2.24) is 14.9 Å². The predicted octanol–water partition coefficient (Wildman–Crippen LogP) is 0.0380. The van der Waals surface area contributed by atoms with Crippen LogP contribution in [0.4, 0.5) is 0 Å². The highest BCUT2D eigenvalue weighted by Crippen LogP contribution is 2.02. The van der Waals surface area contributed by atoms with Crippen LogP contribution in [0.1, 0.15) is 11.9 Å². The molecule has 1 atom stereocenters. The first-order valence-electron chi connectivity index (χ1n) is 3.87. The van der Waals surface area contributed by atoms with E-state index in [-0.39, 0.29) is 6.04 Å². The highest BCUT2D eigenvalue weighted by atomic mass is 15.1. The molecule has 4 nitrogen and oxygen atoms in total. The highest BCUT2D eigenvalue weighted by molar-refractivity contribution is 4.95. The molecule has 66 valence electrons. The average molecular weight is 166 g/mol. The van der Waals surface area contributed by atoms with Crippen molar-refractivity contribution in [2.24, 2.45) is 5.73 Å². The van der Waals surface area contributed by atoms with E-state index in [1.165, 1.54) is 0 Å². The number of nitrogens with two attached hydrogens (primary N) is 1. The lowest BCUT2D eigenvalue weighted by Crippen LogP contribution is -2.27. The Bertz CT molecular complexity index is 222. The van der Waals surface area contributed by atoms with Crippen molar-refractivity contribution in [2.45, 2.75) is 6.04 Å². The van der Waals surface area contributed by atoms with E-state index in [0.717, 1.165) is 6.54 Å². The lowest BCUT2D eigenvalue weighted by Gasteiger charge is -2.14. The topological polar surface area (TPSA) is 55.0 Å². The molecule has 0 fully saturated rings. The Morgan fingerprint density at radius 3 is 2.50 bits per heavy atom. The van der Waals surface area contributed by atoms with Crippen LogP contribution in [-0.2, 0) is 0 Å². The Kier molecular flexibility index (Phi) is 3.13. The summed E-state index contributed by atoms with van der Waals surface area (Å²) in [6, 6.07) is 1.69. The van der Waals surface area contributed by atoms with Gasteiger partial charge in [-0.2, -0.15) is 0 Å². The standard InChI is InChI=1S/C8H14N4/c1-12(2)6-7(9)8-10-4-3-5-11-8/h3-5,7H,6,9H2,1-2H3/t7-/m0/s1. The van der Waals surface area contributed by atoms with Gasteiger partial charge in [-0.1, -0.05) is 0 Å². The van der Waals surface area contributed by atoms with E-state index in [1.807, 2.05) is 19.0 Å². The zero-order valence-electron chi connectivity index (χ0n) is 7.44. The molecule has 0 unspecified atom stereocenters. The fraction of sp³-hybridized carbons (Fsp3) is 0.500. The average Bonchev–Trinajstić information content (AvgIpc) is 2.05. The Balaban J connectivity index is 2.59. The SMILES string of the molecule is CN(C)C[C@H](N)c1ncccn1. The minimum atomic E-state index is -0.0961. The first-order valence-corrected chi connectivity index (χ1v) is 3.87. The van der Waals surface area contributed by atoms with Crippen molar-refractivity contribution in [1.29, 1.82) is 0 Å². The fourth-order valence-corrected chi connectivity index (χ4v) is 0.977. The fourth-order valence-electron chi connectivity index (χ4n) is 0.977. The monoisotopic (exact) mass is 166 g/mol. The third-order valence-electron chi connectivity index (χ3n) is 1.48. The van der Waals surface area contributed by atoms with Gasteiger partial charge in [0.25, 0.3) is 0 Å². The molecule has 0 radical (unpaired) electrons. The van der Waals surface area contributed by atoms with Gasteiger partial charge in [-0.3, -0.25) is 0 Å². The van der Waals surface area contributed by atoms with E-state index in [0.29, 0.717) is 5.82 Å². The van der Waals surface area contributed by atoms with Gasteiger partial charge in [0.05, 0.1) is 6.04 Å². The largest absolute Gasteiger partial charge is 0.320 e. The number of likely N-dealkylation sites (N-methyl/N-ethyl adjacent to an activating group) is 1. The summed E-state index contributed by atoms with van der Waals surface area (Å²) in [5, 5.41) is 0. The number of rotatable bonds is 3. The highest BCUT2D eigenvalue weighted by Gasteiger charge is 2.08. The van der Waals surface area contributed by atoms with Crippen molar-refractivity contribution in [3.05, 3.63) is 24.3 Å². The molecule has 1 aromatic rings. The van der Waals surface area contributed by atoms with Gasteiger partial charge in [-0.05, 0) is 20.2 Å². The van der Waals surface area contributed by atoms with Crippen molar-refractivity contribution >= 4 is 0 Å². The van der Waals surface area contributed by atoms with Gasteiger partial charge in [0.15, 0.2) is 0 Å². The molecular weight excluding hydrogens is 152 g/mol. The molecule has 2 N–H and O–H groups in total. The summed E-state index contributed by atoms with van der Waals surface area (Å²) in [5.74, 6) is 0.700. The van der Waals surface area contributed by atoms with E-state index >= 15 is 0 Å². The van der Waals surface area contributed by atoms with E-state index in [2.05, 4.69) is 9.97 Å². The molecule has 0 saturated carbocycles. The Morgan fingerprint density at radius 1 is 1.42 bits per heavy atom. The van der Waals surface area contributed by atoms with E-state index in [9.17, 15) is 0 Å². The molecule has 1 aromatic heterocycles. The third-order valence-corrected chi connectivity index (χ3v) is 1.48. The lowest BCUT2D eigenvalue weighted by atomic mass is 10.3. The molecule has 4 heteroatoms. The molecule has 0 spiro atoms. The lowest BCUT2D eigenvalue weighted by molar-refractivity contribution is 0.370. The van der Waals surface area contributed by atoms with Crippen LogP contribution in [0.3, 0.4) is 0 Å². The van der Waals surface area contributed by atoms with Crippen molar-refractivity contribution in [2.75, 3.05) is 20.6 Å². The molecule has 12 heavy (non-hydrogen) atoms. The summed E-state index contributed by atoms with van der Waals surface area (Å²) in [4.78, 5) is 10.2. The van der Waals surface area contributed by atoms with Crippen LogP contribution < -0.4 is 5.73 Å². The molecule has 0 aliphatic rings. The molecular formula is C8H14N4. The minimum absolute atomic E-state index is 0.0961. The zero-order valence-corrected chi connectivity index (χ0v) is 7.44. The maximum Gasteiger partial charge on any atom is 0.146 e. The normalized spacial score (nSPS) is 13.3. The van der Waals surface area contributed by atoms with Gasteiger partial charge in [-0.15, -0.1) is 0 Å². The minimum Gasteiger partial charge on any atom is -0.320 e.